The van der Waals surface area contributed by atoms with E-state index in [1.807, 2.05) is 6.92 Å². The molecule has 3 nitrogen and oxygen atoms in total. The molecule has 0 bridgehead atoms. The molecule has 2 aromatic rings. The molecular formula is C13H13BrIN3. The van der Waals surface area contributed by atoms with Crippen LogP contribution >= 0.6 is 38.5 Å². The molecule has 0 atom stereocenters. The molecule has 0 radical (unpaired) electrons. The fraction of sp³-hybridized carbons (Fsp3) is 0.308. The second kappa shape index (κ2) is 4.85. The molecule has 0 spiro atoms. The Kier molecular flexibility index (Phi) is 3.36. The maximum absolute atomic E-state index is 4.57. The Morgan fingerprint density at radius 2 is 2.22 bits per heavy atom. The molecule has 0 amide bonds. The maximum Gasteiger partial charge on any atom is 0.207 e. The minimum atomic E-state index is 0.634. The normalized spacial score (nSPS) is 14.8. The number of imidazole rings is 1. The Balaban J connectivity index is 1.94. The van der Waals surface area contributed by atoms with E-state index >= 15 is 0 Å². The van der Waals surface area contributed by atoms with Gasteiger partial charge in [-0.1, -0.05) is 0 Å². The van der Waals surface area contributed by atoms with E-state index in [9.17, 15) is 0 Å². The van der Waals surface area contributed by atoms with Crippen LogP contribution in [0, 0.1) is 10.5 Å². The van der Waals surface area contributed by atoms with Crippen molar-refractivity contribution in [3.63, 3.8) is 0 Å². The second-order valence-corrected chi connectivity index (χ2v) is 6.69. The standard InChI is InChI=1S/C13H13BrIN3/c1-8-7-18(10-3-4-10)13(16-8)17-12-6-9(15)2-5-11(12)14/h2,5-7,10H,3-4H2,1H3,(H,16,17). The van der Waals surface area contributed by atoms with Crippen LogP contribution in [-0.4, -0.2) is 9.55 Å². The summed E-state index contributed by atoms with van der Waals surface area (Å²) in [6.07, 6.45) is 4.65. The minimum Gasteiger partial charge on any atom is -0.325 e. The van der Waals surface area contributed by atoms with Crippen molar-refractivity contribution in [1.82, 2.24) is 9.55 Å². The quantitative estimate of drug-likeness (QED) is 0.737. The third kappa shape index (κ3) is 2.56. The molecule has 1 saturated carbocycles. The zero-order valence-corrected chi connectivity index (χ0v) is 13.7. The Morgan fingerprint density at radius 1 is 1.44 bits per heavy atom. The molecule has 1 aromatic heterocycles. The van der Waals surface area contributed by atoms with Gasteiger partial charge in [0, 0.05) is 20.3 Å². The second-order valence-electron chi connectivity index (χ2n) is 4.59. The van der Waals surface area contributed by atoms with Crippen molar-refractivity contribution in [3.05, 3.63) is 38.1 Å². The number of hydrogen-bond donors (Lipinski definition) is 1. The lowest BCUT2D eigenvalue weighted by molar-refractivity contribution is 0.750. The summed E-state index contributed by atoms with van der Waals surface area (Å²) in [6.45, 7) is 2.04. The molecule has 0 saturated heterocycles. The van der Waals surface area contributed by atoms with Crippen molar-refractivity contribution in [1.29, 1.82) is 0 Å². The van der Waals surface area contributed by atoms with Gasteiger partial charge < -0.3 is 9.88 Å². The van der Waals surface area contributed by atoms with Crippen LogP contribution in [0.25, 0.3) is 0 Å². The van der Waals surface area contributed by atoms with Crippen LogP contribution in [0.15, 0.2) is 28.9 Å². The molecule has 1 aliphatic rings. The first-order valence-electron chi connectivity index (χ1n) is 5.91. The van der Waals surface area contributed by atoms with Gasteiger partial charge in [0.15, 0.2) is 0 Å². The number of aryl methyl sites for hydroxylation is 1. The van der Waals surface area contributed by atoms with Gasteiger partial charge in [0.05, 0.1) is 11.4 Å². The summed E-state index contributed by atoms with van der Waals surface area (Å²) in [5.41, 5.74) is 2.13. The molecule has 3 rings (SSSR count). The average molecular weight is 418 g/mol. The highest BCUT2D eigenvalue weighted by Crippen LogP contribution is 2.38. The summed E-state index contributed by atoms with van der Waals surface area (Å²) in [5.74, 6) is 0.942. The Morgan fingerprint density at radius 3 is 2.94 bits per heavy atom. The first kappa shape index (κ1) is 12.5. The SMILES string of the molecule is Cc1cn(C2CC2)c(Nc2cc(I)ccc2Br)n1. The van der Waals surface area contributed by atoms with E-state index in [-0.39, 0.29) is 0 Å². The van der Waals surface area contributed by atoms with E-state index in [0.717, 1.165) is 21.8 Å². The van der Waals surface area contributed by atoms with Crippen molar-refractivity contribution < 1.29 is 0 Å². The molecule has 1 N–H and O–H groups in total. The summed E-state index contributed by atoms with van der Waals surface area (Å²) >= 11 is 5.89. The highest BCUT2D eigenvalue weighted by molar-refractivity contribution is 14.1. The van der Waals surface area contributed by atoms with Crippen molar-refractivity contribution in [3.8, 4) is 0 Å². The third-order valence-corrected chi connectivity index (χ3v) is 4.33. The third-order valence-electron chi connectivity index (χ3n) is 2.97. The van der Waals surface area contributed by atoms with Crippen LogP contribution in [-0.2, 0) is 0 Å². The van der Waals surface area contributed by atoms with E-state index in [1.54, 1.807) is 0 Å². The van der Waals surface area contributed by atoms with Crippen molar-refractivity contribution in [2.24, 2.45) is 0 Å². The number of nitrogens with one attached hydrogen (secondary N) is 1. The average Bonchev–Trinajstić information content (AvgIpc) is 3.09. The predicted molar refractivity (Wildman–Crippen MR) is 85.4 cm³/mol. The van der Waals surface area contributed by atoms with Crippen molar-refractivity contribution in [2.45, 2.75) is 25.8 Å². The highest BCUT2D eigenvalue weighted by Gasteiger charge is 2.26. The molecule has 1 aliphatic carbocycles. The molecule has 0 unspecified atom stereocenters. The molecule has 1 aromatic carbocycles. The van der Waals surface area contributed by atoms with Crippen molar-refractivity contribution >= 4 is 50.2 Å². The molecule has 94 valence electrons. The molecule has 18 heavy (non-hydrogen) atoms. The van der Waals surface area contributed by atoms with Gasteiger partial charge >= 0.3 is 0 Å². The first-order valence-corrected chi connectivity index (χ1v) is 7.78. The predicted octanol–water partition coefficient (Wildman–Crippen LogP) is 4.64. The van der Waals surface area contributed by atoms with Gasteiger partial charge in [-0.05, 0) is 76.5 Å². The first-order chi connectivity index (χ1) is 8.63. The van der Waals surface area contributed by atoms with Gasteiger partial charge in [-0.2, -0.15) is 0 Å². The van der Waals surface area contributed by atoms with Gasteiger partial charge in [0.2, 0.25) is 5.95 Å². The summed E-state index contributed by atoms with van der Waals surface area (Å²) in [5, 5.41) is 3.42. The smallest absolute Gasteiger partial charge is 0.207 e. The zero-order valence-electron chi connectivity index (χ0n) is 9.95. The molecule has 0 aliphatic heterocycles. The number of rotatable bonds is 3. The lowest BCUT2D eigenvalue weighted by Gasteiger charge is -2.10. The fourth-order valence-corrected chi connectivity index (χ4v) is 2.79. The number of aromatic nitrogens is 2. The number of anilines is 2. The number of halogens is 2. The summed E-state index contributed by atoms with van der Waals surface area (Å²) in [6, 6.07) is 6.89. The topological polar surface area (TPSA) is 29.9 Å². The van der Waals surface area contributed by atoms with Crippen LogP contribution in [0.5, 0.6) is 0 Å². The Hall–Kier alpha value is -0.560. The van der Waals surface area contributed by atoms with Gasteiger partial charge in [0.25, 0.3) is 0 Å². The Bertz CT molecular complexity index is 590. The Labute approximate surface area is 128 Å². The van der Waals surface area contributed by atoms with Gasteiger partial charge in [-0.25, -0.2) is 4.98 Å². The van der Waals surface area contributed by atoms with E-state index in [4.69, 9.17) is 0 Å². The van der Waals surface area contributed by atoms with E-state index in [0.29, 0.717) is 6.04 Å². The minimum absolute atomic E-state index is 0.634. The van der Waals surface area contributed by atoms with Crippen LogP contribution in [0.4, 0.5) is 11.6 Å². The highest BCUT2D eigenvalue weighted by atomic mass is 127. The van der Waals surface area contributed by atoms with Crippen LogP contribution in [0.3, 0.4) is 0 Å². The van der Waals surface area contributed by atoms with Gasteiger partial charge in [-0.15, -0.1) is 0 Å². The zero-order chi connectivity index (χ0) is 12.7. The van der Waals surface area contributed by atoms with Crippen LogP contribution in [0.1, 0.15) is 24.6 Å². The van der Waals surface area contributed by atoms with Crippen LogP contribution < -0.4 is 5.32 Å². The summed E-state index contributed by atoms with van der Waals surface area (Å²) in [4.78, 5) is 4.57. The lowest BCUT2D eigenvalue weighted by atomic mass is 10.3. The number of nitrogens with zero attached hydrogens (tertiary/aromatic N) is 2. The molecular weight excluding hydrogens is 405 g/mol. The molecule has 1 fully saturated rings. The number of hydrogen-bond acceptors (Lipinski definition) is 2. The summed E-state index contributed by atoms with van der Waals surface area (Å²) < 4.78 is 4.52. The largest absolute Gasteiger partial charge is 0.325 e. The summed E-state index contributed by atoms with van der Waals surface area (Å²) in [7, 11) is 0. The maximum atomic E-state index is 4.57. The van der Waals surface area contributed by atoms with Crippen LogP contribution in [0.2, 0.25) is 0 Å². The van der Waals surface area contributed by atoms with Gasteiger partial charge in [-0.3, -0.25) is 0 Å². The lowest BCUT2D eigenvalue weighted by Crippen LogP contribution is -2.01. The van der Waals surface area contributed by atoms with Crippen molar-refractivity contribution in [2.75, 3.05) is 5.32 Å². The monoisotopic (exact) mass is 417 g/mol. The van der Waals surface area contributed by atoms with E-state index < -0.39 is 0 Å². The fourth-order valence-electron chi connectivity index (χ4n) is 1.95. The van der Waals surface area contributed by atoms with E-state index in [1.165, 1.54) is 16.4 Å². The van der Waals surface area contributed by atoms with Gasteiger partial charge in [0.1, 0.15) is 0 Å². The van der Waals surface area contributed by atoms with E-state index in [2.05, 4.69) is 77.8 Å². The number of benzene rings is 1. The molecule has 5 heteroatoms. The molecule has 1 heterocycles.